The summed E-state index contributed by atoms with van der Waals surface area (Å²) in [5, 5.41) is 3.59. The molecule has 0 fully saturated rings. The molecule has 3 nitrogen and oxygen atoms in total. The Morgan fingerprint density at radius 3 is 2.76 bits per heavy atom. The highest BCUT2D eigenvalue weighted by atomic mass is 35.5. The zero-order chi connectivity index (χ0) is 12.6. The van der Waals surface area contributed by atoms with Gasteiger partial charge in [0.2, 0.25) is 9.84 Å². The Bertz CT molecular complexity index is 578. The summed E-state index contributed by atoms with van der Waals surface area (Å²) < 4.78 is 24.4. The third kappa shape index (κ3) is 2.25. The van der Waals surface area contributed by atoms with Gasteiger partial charge < -0.3 is 5.32 Å². The molecule has 1 aromatic carbocycles. The predicted octanol–water partition coefficient (Wildman–Crippen LogP) is 2.47. The second-order valence-corrected chi connectivity index (χ2v) is 6.60. The van der Waals surface area contributed by atoms with E-state index in [0.29, 0.717) is 26.8 Å². The summed E-state index contributed by atoms with van der Waals surface area (Å²) in [6.07, 6.45) is 2.20. The van der Waals surface area contributed by atoms with E-state index in [1.165, 1.54) is 0 Å². The molecule has 0 aromatic heterocycles. The van der Waals surface area contributed by atoms with Crippen LogP contribution in [-0.2, 0) is 9.84 Å². The van der Waals surface area contributed by atoms with Gasteiger partial charge in [-0.15, -0.1) is 0 Å². The number of fused-ring (bicyclic) bond motifs is 1. The highest BCUT2D eigenvalue weighted by Gasteiger charge is 2.29. The van der Waals surface area contributed by atoms with Crippen molar-refractivity contribution < 1.29 is 8.42 Å². The molecule has 0 saturated heterocycles. The third-order valence-electron chi connectivity index (χ3n) is 2.92. The fraction of sp³-hybridized carbons (Fsp3) is 0.333. The van der Waals surface area contributed by atoms with Crippen LogP contribution in [0.2, 0.25) is 5.02 Å². The van der Waals surface area contributed by atoms with Gasteiger partial charge in [0.25, 0.3) is 0 Å². The van der Waals surface area contributed by atoms with E-state index in [1.54, 1.807) is 24.3 Å². The highest BCUT2D eigenvalue weighted by molar-refractivity contribution is 7.95. The van der Waals surface area contributed by atoms with Crippen LogP contribution in [0, 0.1) is 0 Å². The topological polar surface area (TPSA) is 46.2 Å². The van der Waals surface area contributed by atoms with Crippen molar-refractivity contribution in [2.75, 3.05) is 7.05 Å². The molecule has 1 unspecified atom stereocenters. The van der Waals surface area contributed by atoms with Gasteiger partial charge in [0.15, 0.2) is 0 Å². The average molecular weight is 272 g/mol. The Morgan fingerprint density at radius 2 is 2.12 bits per heavy atom. The first-order valence-corrected chi connectivity index (χ1v) is 7.23. The molecule has 1 heterocycles. The van der Waals surface area contributed by atoms with Crippen LogP contribution in [-0.4, -0.2) is 21.5 Å². The molecule has 1 aromatic rings. The summed E-state index contributed by atoms with van der Waals surface area (Å²) in [5.74, 6) is 0. The van der Waals surface area contributed by atoms with E-state index in [9.17, 15) is 8.42 Å². The van der Waals surface area contributed by atoms with E-state index in [1.807, 2.05) is 14.0 Å². The van der Waals surface area contributed by atoms with Gasteiger partial charge in [-0.2, -0.15) is 0 Å². The molecule has 1 aliphatic rings. The summed E-state index contributed by atoms with van der Waals surface area (Å²) in [5.41, 5.74) is 0.691. The van der Waals surface area contributed by atoms with Gasteiger partial charge in [0.1, 0.15) is 0 Å². The summed E-state index contributed by atoms with van der Waals surface area (Å²) >= 11 is 5.86. The molecule has 1 N–H and O–H groups in total. The summed E-state index contributed by atoms with van der Waals surface area (Å²) in [6.45, 7) is 1.95. The van der Waals surface area contributed by atoms with Gasteiger partial charge in [-0.1, -0.05) is 11.6 Å². The van der Waals surface area contributed by atoms with Crippen LogP contribution in [0.5, 0.6) is 0 Å². The Kier molecular flexibility index (Phi) is 3.30. The SMILES string of the molecule is CNC(C)CC1=Cc2cc(Cl)ccc2S1(=O)=O. The summed E-state index contributed by atoms with van der Waals surface area (Å²) in [4.78, 5) is 0.816. The number of hydrogen-bond donors (Lipinski definition) is 1. The predicted molar refractivity (Wildman–Crippen MR) is 69.8 cm³/mol. The molecule has 5 heteroatoms. The Hall–Kier alpha value is -0.840. The van der Waals surface area contributed by atoms with Gasteiger partial charge in [0, 0.05) is 11.1 Å². The number of hydrogen-bond acceptors (Lipinski definition) is 3. The minimum absolute atomic E-state index is 0.126. The van der Waals surface area contributed by atoms with Crippen molar-refractivity contribution in [1.82, 2.24) is 5.32 Å². The Balaban J connectivity index is 2.43. The monoisotopic (exact) mass is 271 g/mol. The van der Waals surface area contributed by atoms with Crippen LogP contribution in [0.25, 0.3) is 6.08 Å². The van der Waals surface area contributed by atoms with Gasteiger partial charge >= 0.3 is 0 Å². The lowest BCUT2D eigenvalue weighted by Crippen LogP contribution is -2.22. The van der Waals surface area contributed by atoms with Gasteiger partial charge in [-0.3, -0.25) is 0 Å². The smallest absolute Gasteiger partial charge is 0.203 e. The van der Waals surface area contributed by atoms with E-state index in [2.05, 4.69) is 5.32 Å². The van der Waals surface area contributed by atoms with Crippen LogP contribution in [0.1, 0.15) is 18.9 Å². The van der Waals surface area contributed by atoms with E-state index < -0.39 is 9.84 Å². The zero-order valence-corrected chi connectivity index (χ0v) is 11.3. The third-order valence-corrected chi connectivity index (χ3v) is 5.08. The number of nitrogens with one attached hydrogen (secondary N) is 1. The zero-order valence-electron chi connectivity index (χ0n) is 9.70. The average Bonchev–Trinajstić information content (AvgIpc) is 2.50. The molecule has 2 rings (SSSR count). The molecule has 0 aliphatic carbocycles. The van der Waals surface area contributed by atoms with E-state index in [4.69, 9.17) is 11.6 Å². The Morgan fingerprint density at radius 1 is 1.41 bits per heavy atom. The molecule has 0 amide bonds. The minimum atomic E-state index is -3.31. The molecule has 0 spiro atoms. The molecule has 1 atom stereocenters. The standard InChI is InChI=1S/C12H14ClNO2S/c1-8(14-2)5-11-7-9-6-10(13)3-4-12(9)17(11,15)16/h3-4,6-8,14H,5H2,1-2H3. The lowest BCUT2D eigenvalue weighted by Gasteiger charge is -2.10. The maximum Gasteiger partial charge on any atom is 0.203 e. The molecule has 0 bridgehead atoms. The van der Waals surface area contributed by atoms with E-state index >= 15 is 0 Å². The molecule has 17 heavy (non-hydrogen) atoms. The molecule has 92 valence electrons. The van der Waals surface area contributed by atoms with Crippen LogP contribution in [0.15, 0.2) is 28.0 Å². The lowest BCUT2D eigenvalue weighted by molar-refractivity contribution is 0.586. The first kappa shape index (κ1) is 12.6. The molecular weight excluding hydrogens is 258 g/mol. The number of rotatable bonds is 3. The Labute approximate surface area is 106 Å². The van der Waals surface area contributed by atoms with Gasteiger partial charge in [-0.05, 0) is 50.2 Å². The first-order valence-electron chi connectivity index (χ1n) is 5.37. The van der Waals surface area contributed by atoms with Crippen LogP contribution in [0.3, 0.4) is 0 Å². The summed E-state index contributed by atoms with van der Waals surface area (Å²) in [7, 11) is -1.49. The van der Waals surface area contributed by atoms with Crippen molar-refractivity contribution in [3.05, 3.63) is 33.7 Å². The summed E-state index contributed by atoms with van der Waals surface area (Å²) in [6, 6.07) is 4.99. The molecule has 0 saturated carbocycles. The van der Waals surface area contributed by atoms with Crippen molar-refractivity contribution >= 4 is 27.5 Å². The number of sulfone groups is 1. The maximum atomic E-state index is 12.2. The largest absolute Gasteiger partial charge is 0.317 e. The van der Waals surface area contributed by atoms with Crippen LogP contribution >= 0.6 is 11.6 Å². The quantitative estimate of drug-likeness (QED) is 0.919. The van der Waals surface area contributed by atoms with Crippen LogP contribution in [0.4, 0.5) is 0 Å². The number of halogens is 1. The second kappa shape index (κ2) is 4.44. The molecular formula is C12H14ClNO2S. The van der Waals surface area contributed by atoms with Crippen molar-refractivity contribution in [1.29, 1.82) is 0 Å². The lowest BCUT2D eigenvalue weighted by atomic mass is 10.1. The van der Waals surface area contributed by atoms with Crippen molar-refractivity contribution in [3.63, 3.8) is 0 Å². The normalized spacial score (nSPS) is 18.6. The molecule has 1 aliphatic heterocycles. The number of benzene rings is 1. The van der Waals surface area contributed by atoms with Crippen molar-refractivity contribution in [2.24, 2.45) is 0 Å². The van der Waals surface area contributed by atoms with Crippen LogP contribution < -0.4 is 5.32 Å². The fourth-order valence-corrected chi connectivity index (χ4v) is 3.73. The van der Waals surface area contributed by atoms with Gasteiger partial charge in [-0.25, -0.2) is 8.42 Å². The highest BCUT2D eigenvalue weighted by Crippen LogP contribution is 2.36. The van der Waals surface area contributed by atoms with Crippen molar-refractivity contribution in [3.8, 4) is 0 Å². The van der Waals surface area contributed by atoms with Gasteiger partial charge in [0.05, 0.1) is 9.80 Å². The van der Waals surface area contributed by atoms with E-state index in [-0.39, 0.29) is 6.04 Å². The molecule has 0 radical (unpaired) electrons. The maximum absolute atomic E-state index is 12.2. The van der Waals surface area contributed by atoms with E-state index in [0.717, 1.165) is 0 Å². The second-order valence-electron chi connectivity index (χ2n) is 4.19. The van der Waals surface area contributed by atoms with Crippen molar-refractivity contribution in [2.45, 2.75) is 24.3 Å². The fourth-order valence-electron chi connectivity index (χ4n) is 1.84. The minimum Gasteiger partial charge on any atom is -0.317 e. The first-order chi connectivity index (χ1) is 7.95.